The number of hydrogen-bond donors (Lipinski definition) is 3. The zero-order valence-electron chi connectivity index (χ0n) is 17.4. The number of nitrogens with zero attached hydrogens (tertiary/aromatic N) is 1. The van der Waals surface area contributed by atoms with Crippen LogP contribution >= 0.6 is 0 Å². The van der Waals surface area contributed by atoms with Crippen molar-refractivity contribution in [3.05, 3.63) is 46.7 Å². The average molecular weight is 432 g/mol. The molecule has 1 heterocycles. The largest absolute Gasteiger partial charge is 0.733 e. The normalized spacial score (nSPS) is 36.7. The highest BCUT2D eigenvalue weighted by Gasteiger charge is 2.67. The van der Waals surface area contributed by atoms with E-state index in [-0.39, 0.29) is 35.3 Å². The topological polar surface area (TPSA) is 140 Å². The molecule has 0 amide bonds. The highest BCUT2D eigenvalue weighted by Crippen LogP contribution is 2.62. The van der Waals surface area contributed by atoms with Gasteiger partial charge in [-0.25, -0.2) is 9.59 Å². The summed E-state index contributed by atoms with van der Waals surface area (Å²) in [6.45, 7) is 3.63. The first-order valence-corrected chi connectivity index (χ1v) is 10.3. The molecule has 3 aliphatic rings. The van der Waals surface area contributed by atoms with Crippen LogP contribution < -0.4 is 5.23 Å². The van der Waals surface area contributed by atoms with Crippen molar-refractivity contribution < 1.29 is 34.5 Å². The molecule has 0 bridgehead atoms. The molecule has 31 heavy (non-hydrogen) atoms. The molecular weight excluding hydrogens is 406 g/mol. The number of carbonyl (C=O) groups excluding carboxylic acids is 2. The minimum Gasteiger partial charge on any atom is -0.733 e. The van der Waals surface area contributed by atoms with Crippen LogP contribution in [0.3, 0.4) is 0 Å². The van der Waals surface area contributed by atoms with Crippen LogP contribution in [-0.4, -0.2) is 52.3 Å². The highest BCUT2D eigenvalue weighted by molar-refractivity contribution is 5.94. The second-order valence-electron chi connectivity index (χ2n) is 9.31. The zero-order chi connectivity index (χ0) is 22.6. The first-order valence-electron chi connectivity index (χ1n) is 10.3. The molecule has 9 heteroatoms. The lowest BCUT2D eigenvalue weighted by atomic mass is 9.46. The third kappa shape index (κ3) is 3.23. The highest BCUT2D eigenvalue weighted by atomic mass is 16.8. The molecule has 3 N–H and O–H groups in total. The first kappa shape index (κ1) is 21.8. The maximum atomic E-state index is 12.6. The number of fused-ring (bicyclic) bond motifs is 3. The van der Waals surface area contributed by atoms with E-state index in [0.29, 0.717) is 12.8 Å². The van der Waals surface area contributed by atoms with Crippen molar-refractivity contribution in [1.29, 1.82) is 0 Å². The van der Waals surface area contributed by atoms with E-state index in [1.807, 2.05) is 13.8 Å². The van der Waals surface area contributed by atoms with Gasteiger partial charge in [-0.1, -0.05) is 20.3 Å². The van der Waals surface area contributed by atoms with Crippen LogP contribution in [0.4, 0.5) is 5.69 Å². The summed E-state index contributed by atoms with van der Waals surface area (Å²) in [5.41, 5.74) is -2.67. The van der Waals surface area contributed by atoms with Gasteiger partial charge >= 0.3 is 11.9 Å². The Labute approximate surface area is 179 Å². The van der Waals surface area contributed by atoms with Crippen molar-refractivity contribution in [2.75, 3.05) is 18.4 Å². The van der Waals surface area contributed by atoms with Crippen LogP contribution in [0.5, 0.6) is 0 Å². The molecular formula is C22H26NO8-. The molecule has 1 saturated heterocycles. The number of rotatable bonds is 4. The van der Waals surface area contributed by atoms with Gasteiger partial charge in [-0.15, -0.1) is 0 Å². The van der Waals surface area contributed by atoms with Gasteiger partial charge in [0.15, 0.2) is 0 Å². The Kier molecular flexibility index (Phi) is 5.13. The number of esters is 2. The molecule has 1 aliphatic heterocycles. The molecule has 2 fully saturated rings. The van der Waals surface area contributed by atoms with E-state index in [1.54, 1.807) is 0 Å². The van der Waals surface area contributed by atoms with Gasteiger partial charge < -0.3 is 30.1 Å². The number of cyclic esters (lactones) is 1. The lowest BCUT2D eigenvalue weighted by molar-refractivity contribution is -0.184. The van der Waals surface area contributed by atoms with Gasteiger partial charge in [-0.05, 0) is 43.2 Å². The SMILES string of the molecule is CC1(COC(=O)c2ccc(N([O-])O)cc2)CCCC2(C)C1C(O)C=C1C(=O)OCC12O. The van der Waals surface area contributed by atoms with Crippen molar-refractivity contribution >= 4 is 17.6 Å². The third-order valence-corrected chi connectivity index (χ3v) is 7.44. The lowest BCUT2D eigenvalue weighted by Gasteiger charge is -2.59. The molecule has 168 valence electrons. The molecule has 5 unspecified atom stereocenters. The fourth-order valence-electron chi connectivity index (χ4n) is 5.83. The summed E-state index contributed by atoms with van der Waals surface area (Å²) >= 11 is 0. The van der Waals surface area contributed by atoms with Crippen molar-refractivity contribution in [2.24, 2.45) is 16.7 Å². The second kappa shape index (κ2) is 7.30. The molecule has 0 spiro atoms. The second-order valence-corrected chi connectivity index (χ2v) is 9.31. The summed E-state index contributed by atoms with van der Waals surface area (Å²) in [5.74, 6) is -1.67. The van der Waals surface area contributed by atoms with Gasteiger partial charge in [0.25, 0.3) is 0 Å². The van der Waals surface area contributed by atoms with Crippen LogP contribution in [0.1, 0.15) is 43.5 Å². The quantitative estimate of drug-likeness (QED) is 0.481. The van der Waals surface area contributed by atoms with E-state index in [1.165, 1.54) is 30.3 Å². The van der Waals surface area contributed by atoms with E-state index >= 15 is 0 Å². The monoisotopic (exact) mass is 432 g/mol. The van der Waals surface area contributed by atoms with E-state index in [0.717, 1.165) is 6.42 Å². The van der Waals surface area contributed by atoms with Crippen LogP contribution in [0.25, 0.3) is 0 Å². The predicted octanol–water partition coefficient (Wildman–Crippen LogP) is 1.94. The number of ether oxygens (including phenoxy) is 2. The number of hydrogen-bond acceptors (Lipinski definition) is 9. The summed E-state index contributed by atoms with van der Waals surface area (Å²) < 4.78 is 10.7. The van der Waals surface area contributed by atoms with Crippen molar-refractivity contribution in [1.82, 2.24) is 0 Å². The fraction of sp³-hybridized carbons (Fsp3) is 0.545. The minimum absolute atomic E-state index is 0.00659. The molecule has 1 saturated carbocycles. The molecule has 4 rings (SSSR count). The molecule has 9 nitrogen and oxygen atoms in total. The van der Waals surface area contributed by atoms with Gasteiger partial charge in [0.05, 0.1) is 29.5 Å². The van der Waals surface area contributed by atoms with E-state index in [4.69, 9.17) is 14.7 Å². The molecule has 2 aliphatic carbocycles. The third-order valence-electron chi connectivity index (χ3n) is 7.44. The predicted molar refractivity (Wildman–Crippen MR) is 108 cm³/mol. The van der Waals surface area contributed by atoms with E-state index in [9.17, 15) is 25.0 Å². The van der Waals surface area contributed by atoms with Gasteiger partial charge in [0.1, 0.15) is 12.2 Å². The van der Waals surface area contributed by atoms with Crippen molar-refractivity contribution in [3.8, 4) is 0 Å². The van der Waals surface area contributed by atoms with Crippen LogP contribution in [0, 0.1) is 22.0 Å². The molecule has 1 aromatic rings. The minimum atomic E-state index is -1.50. The van der Waals surface area contributed by atoms with Crippen LogP contribution in [-0.2, 0) is 14.3 Å². The maximum absolute atomic E-state index is 12.6. The fourth-order valence-corrected chi connectivity index (χ4v) is 5.83. The molecule has 0 radical (unpaired) electrons. The standard InChI is InChI=1S/C22H26NO8/c1-20(11-30-18(25)13-4-6-14(7-5-13)23(28)29)8-3-9-21(2)17(20)16(24)10-15-19(26)31-12-22(15,21)27/h4-7,10,16-17,24,27-28H,3,8-9,11-12H2,1-2H3/q-1. The number of aliphatic hydroxyl groups is 2. The molecule has 5 atom stereocenters. The maximum Gasteiger partial charge on any atom is 0.338 e. The van der Waals surface area contributed by atoms with Gasteiger partial charge in [0.2, 0.25) is 0 Å². The Balaban J connectivity index is 1.57. The molecule has 1 aromatic carbocycles. The Morgan fingerprint density at radius 2 is 1.97 bits per heavy atom. The number of anilines is 1. The van der Waals surface area contributed by atoms with E-state index in [2.05, 4.69) is 0 Å². The zero-order valence-corrected chi connectivity index (χ0v) is 17.4. The summed E-state index contributed by atoms with van der Waals surface area (Å²) in [7, 11) is 0. The van der Waals surface area contributed by atoms with Crippen LogP contribution in [0.15, 0.2) is 35.9 Å². The Morgan fingerprint density at radius 1 is 1.29 bits per heavy atom. The average Bonchev–Trinajstić information content (AvgIpc) is 3.02. The van der Waals surface area contributed by atoms with Crippen molar-refractivity contribution in [2.45, 2.75) is 44.8 Å². The first-order chi connectivity index (χ1) is 14.5. The van der Waals surface area contributed by atoms with Gasteiger partial charge in [0, 0.05) is 16.7 Å². The summed E-state index contributed by atoms with van der Waals surface area (Å²) in [6, 6.07) is 5.35. The Bertz CT molecular complexity index is 928. The Hall–Kier alpha value is -2.46. The lowest BCUT2D eigenvalue weighted by Crippen LogP contribution is -2.64. The summed E-state index contributed by atoms with van der Waals surface area (Å²) in [4.78, 5) is 24.7. The summed E-state index contributed by atoms with van der Waals surface area (Å²) in [5, 5.41) is 41.9. The smallest absolute Gasteiger partial charge is 0.338 e. The van der Waals surface area contributed by atoms with Gasteiger partial charge in [-0.2, -0.15) is 0 Å². The van der Waals surface area contributed by atoms with Gasteiger partial charge in [-0.3, -0.25) is 5.21 Å². The van der Waals surface area contributed by atoms with Crippen LogP contribution in [0.2, 0.25) is 0 Å². The van der Waals surface area contributed by atoms with E-state index < -0.39 is 40.4 Å². The number of aliphatic hydroxyl groups excluding tert-OH is 1. The number of carbonyl (C=O) groups is 2. The molecule has 0 aromatic heterocycles. The van der Waals surface area contributed by atoms with Crippen molar-refractivity contribution in [3.63, 3.8) is 0 Å². The summed E-state index contributed by atoms with van der Waals surface area (Å²) in [6.07, 6.45) is 2.37. The number of benzene rings is 1. The Morgan fingerprint density at radius 3 is 2.61 bits per heavy atom.